The molecule has 0 aromatic carbocycles. The second-order valence-electron chi connectivity index (χ2n) is 6.46. The molecule has 10 nitrogen and oxygen atoms in total. The topological polar surface area (TPSA) is 171 Å². The second kappa shape index (κ2) is 12.5. The molecule has 0 saturated heterocycles. The van der Waals surface area contributed by atoms with Gasteiger partial charge in [0, 0.05) is 0 Å². The molecule has 27 heavy (non-hydrogen) atoms. The predicted octanol–water partition coefficient (Wildman–Crippen LogP) is -1.73. The predicted molar refractivity (Wildman–Crippen MR) is 102 cm³/mol. The van der Waals surface area contributed by atoms with Crippen molar-refractivity contribution in [3.63, 3.8) is 0 Å². The third-order valence-corrected chi connectivity index (χ3v) is 4.35. The van der Waals surface area contributed by atoms with E-state index in [1.54, 1.807) is 25.6 Å². The van der Waals surface area contributed by atoms with Crippen molar-refractivity contribution in [3.8, 4) is 0 Å². The van der Waals surface area contributed by atoms with Crippen molar-refractivity contribution >= 4 is 35.5 Å². The Kier molecular flexibility index (Phi) is 11.7. The number of thioether (sulfide) groups is 1. The highest BCUT2D eigenvalue weighted by Crippen LogP contribution is 2.04. The van der Waals surface area contributed by atoms with Gasteiger partial charge < -0.3 is 31.9 Å². The van der Waals surface area contributed by atoms with Crippen LogP contribution in [0.15, 0.2) is 0 Å². The number of aliphatic hydroxyl groups excluding tert-OH is 1. The summed E-state index contributed by atoms with van der Waals surface area (Å²) >= 11 is 1.56. The number of carbonyl (C=O) groups is 4. The highest BCUT2D eigenvalue weighted by molar-refractivity contribution is 7.98. The van der Waals surface area contributed by atoms with Gasteiger partial charge in [0.25, 0.3) is 0 Å². The van der Waals surface area contributed by atoms with Crippen molar-refractivity contribution < 1.29 is 29.4 Å². The van der Waals surface area contributed by atoms with E-state index in [-0.39, 0.29) is 5.92 Å². The summed E-state index contributed by atoms with van der Waals surface area (Å²) in [6.45, 7) is 4.19. The van der Waals surface area contributed by atoms with Crippen molar-refractivity contribution in [1.29, 1.82) is 0 Å². The lowest BCUT2D eigenvalue weighted by Gasteiger charge is -2.23. The van der Waals surface area contributed by atoms with Gasteiger partial charge in [0.15, 0.2) is 6.04 Å². The van der Waals surface area contributed by atoms with Crippen LogP contribution in [0.1, 0.15) is 27.2 Å². The van der Waals surface area contributed by atoms with Crippen LogP contribution in [0.25, 0.3) is 0 Å². The van der Waals surface area contributed by atoms with Crippen LogP contribution in [-0.4, -0.2) is 76.7 Å². The lowest BCUT2D eigenvalue weighted by molar-refractivity contribution is -0.144. The molecule has 0 fully saturated rings. The Bertz CT molecular complexity index is 529. The Balaban J connectivity index is 4.70. The molecule has 0 heterocycles. The second-order valence-corrected chi connectivity index (χ2v) is 7.45. The van der Waals surface area contributed by atoms with Gasteiger partial charge in [-0.2, -0.15) is 11.8 Å². The van der Waals surface area contributed by atoms with Crippen molar-refractivity contribution in [2.45, 2.75) is 51.4 Å². The number of nitrogens with two attached hydrogens (primary N) is 1. The number of aliphatic hydroxyl groups is 1. The minimum Gasteiger partial charge on any atom is -0.480 e. The molecule has 0 spiro atoms. The molecule has 0 aliphatic carbocycles. The Morgan fingerprint density at radius 1 is 1.04 bits per heavy atom. The molecule has 0 bridgehead atoms. The van der Waals surface area contributed by atoms with E-state index in [4.69, 9.17) is 10.8 Å². The van der Waals surface area contributed by atoms with E-state index >= 15 is 0 Å². The monoisotopic (exact) mass is 406 g/mol. The van der Waals surface area contributed by atoms with Gasteiger partial charge in [-0.05, 0) is 31.3 Å². The SMILES string of the molecule is CSCCC(N)C(=O)NC(C(=O)NCC(=O)NC(C(=O)O)C(C)O)C(C)C. The zero-order valence-corrected chi connectivity index (χ0v) is 16.8. The molecule has 0 rings (SSSR count). The summed E-state index contributed by atoms with van der Waals surface area (Å²) in [5.41, 5.74) is 5.79. The number of carboxylic acid groups (broad SMARTS) is 1. The van der Waals surface area contributed by atoms with Crippen LogP contribution in [0.3, 0.4) is 0 Å². The normalized spacial score (nSPS) is 15.4. The first-order valence-electron chi connectivity index (χ1n) is 8.54. The Labute approximate surface area is 163 Å². The number of amides is 3. The molecule has 7 N–H and O–H groups in total. The van der Waals surface area contributed by atoms with Crippen LogP contribution in [0.4, 0.5) is 0 Å². The van der Waals surface area contributed by atoms with E-state index in [1.165, 1.54) is 6.92 Å². The van der Waals surface area contributed by atoms with Crippen LogP contribution in [0, 0.1) is 5.92 Å². The van der Waals surface area contributed by atoms with Crippen molar-refractivity contribution in [3.05, 3.63) is 0 Å². The number of hydrogen-bond acceptors (Lipinski definition) is 7. The maximum Gasteiger partial charge on any atom is 0.328 e. The highest BCUT2D eigenvalue weighted by Gasteiger charge is 2.28. The molecule has 4 atom stereocenters. The molecular formula is C16H30N4O6S. The number of carbonyl (C=O) groups excluding carboxylic acids is 3. The standard InChI is InChI=1S/C16H30N4O6S/c1-8(2)12(20-14(23)10(17)5-6-27-4)15(24)18-7-11(22)19-13(9(3)21)16(25)26/h8-10,12-13,21H,5-7,17H2,1-4H3,(H,18,24)(H,19,22)(H,20,23)(H,25,26). The van der Waals surface area contributed by atoms with Gasteiger partial charge in [-0.3, -0.25) is 14.4 Å². The zero-order valence-electron chi connectivity index (χ0n) is 16.0. The first-order valence-corrected chi connectivity index (χ1v) is 9.93. The fourth-order valence-electron chi connectivity index (χ4n) is 2.06. The fraction of sp³-hybridized carbons (Fsp3) is 0.750. The van der Waals surface area contributed by atoms with Gasteiger partial charge >= 0.3 is 5.97 Å². The molecule has 0 aliphatic heterocycles. The minimum absolute atomic E-state index is 0.256. The number of hydrogen-bond donors (Lipinski definition) is 6. The molecule has 0 saturated carbocycles. The lowest BCUT2D eigenvalue weighted by Crippen LogP contribution is -2.56. The van der Waals surface area contributed by atoms with E-state index in [0.717, 1.165) is 0 Å². The van der Waals surface area contributed by atoms with Crippen molar-refractivity contribution in [2.24, 2.45) is 11.7 Å². The van der Waals surface area contributed by atoms with E-state index in [9.17, 15) is 24.3 Å². The fourth-order valence-corrected chi connectivity index (χ4v) is 2.55. The largest absolute Gasteiger partial charge is 0.480 e. The molecule has 4 unspecified atom stereocenters. The first kappa shape index (κ1) is 25.1. The summed E-state index contributed by atoms with van der Waals surface area (Å²) in [5.74, 6) is -2.76. The molecule has 0 aromatic heterocycles. The van der Waals surface area contributed by atoms with E-state index in [2.05, 4.69) is 16.0 Å². The number of carboxylic acids is 1. The molecule has 0 aliphatic rings. The lowest BCUT2D eigenvalue weighted by atomic mass is 10.0. The maximum absolute atomic E-state index is 12.3. The number of rotatable bonds is 12. The van der Waals surface area contributed by atoms with E-state index < -0.39 is 54.5 Å². The van der Waals surface area contributed by atoms with Gasteiger partial charge in [-0.25, -0.2) is 4.79 Å². The smallest absolute Gasteiger partial charge is 0.328 e. The van der Waals surface area contributed by atoms with Crippen LogP contribution in [0.2, 0.25) is 0 Å². The van der Waals surface area contributed by atoms with Gasteiger partial charge in [0.2, 0.25) is 17.7 Å². The molecule has 3 amide bonds. The number of aliphatic carboxylic acids is 1. The summed E-state index contributed by atoms with van der Waals surface area (Å²) in [6.07, 6.45) is 1.07. The molecule has 0 radical (unpaired) electrons. The first-order chi connectivity index (χ1) is 12.5. The van der Waals surface area contributed by atoms with Crippen LogP contribution >= 0.6 is 11.8 Å². The van der Waals surface area contributed by atoms with Crippen LogP contribution < -0.4 is 21.7 Å². The molecule has 0 aromatic rings. The van der Waals surface area contributed by atoms with Crippen LogP contribution in [0.5, 0.6) is 0 Å². The summed E-state index contributed by atoms with van der Waals surface area (Å²) in [5, 5.41) is 25.3. The third kappa shape index (κ3) is 9.59. The van der Waals surface area contributed by atoms with E-state index in [0.29, 0.717) is 12.2 Å². The Morgan fingerprint density at radius 3 is 2.07 bits per heavy atom. The quantitative estimate of drug-likeness (QED) is 0.222. The van der Waals surface area contributed by atoms with E-state index in [1.807, 2.05) is 6.26 Å². The number of nitrogens with one attached hydrogen (secondary N) is 3. The van der Waals surface area contributed by atoms with Gasteiger partial charge in [0.1, 0.15) is 6.04 Å². The average molecular weight is 407 g/mol. The minimum atomic E-state index is -1.48. The maximum atomic E-state index is 12.3. The summed E-state index contributed by atoms with van der Waals surface area (Å²) in [7, 11) is 0. The van der Waals surface area contributed by atoms with Gasteiger partial charge in [0.05, 0.1) is 18.7 Å². The van der Waals surface area contributed by atoms with Gasteiger partial charge in [-0.1, -0.05) is 13.8 Å². The van der Waals surface area contributed by atoms with Crippen LogP contribution in [-0.2, 0) is 19.2 Å². The highest BCUT2D eigenvalue weighted by atomic mass is 32.2. The summed E-state index contributed by atoms with van der Waals surface area (Å²) in [6, 6.07) is -3.11. The summed E-state index contributed by atoms with van der Waals surface area (Å²) < 4.78 is 0. The van der Waals surface area contributed by atoms with Gasteiger partial charge in [-0.15, -0.1) is 0 Å². The summed E-state index contributed by atoms with van der Waals surface area (Å²) in [4.78, 5) is 47.1. The average Bonchev–Trinajstić information content (AvgIpc) is 2.58. The van der Waals surface area contributed by atoms with Crippen molar-refractivity contribution in [2.75, 3.05) is 18.6 Å². The molecular weight excluding hydrogens is 376 g/mol. The van der Waals surface area contributed by atoms with Crippen molar-refractivity contribution in [1.82, 2.24) is 16.0 Å². The Morgan fingerprint density at radius 2 is 1.63 bits per heavy atom. The zero-order chi connectivity index (χ0) is 21.1. The molecule has 11 heteroatoms. The third-order valence-electron chi connectivity index (χ3n) is 3.70. The Hall–Kier alpha value is -1.85. The molecule has 156 valence electrons.